The van der Waals surface area contributed by atoms with Gasteiger partial charge in [0.2, 0.25) is 0 Å². The van der Waals surface area contributed by atoms with Crippen molar-refractivity contribution < 1.29 is 14.3 Å². The van der Waals surface area contributed by atoms with E-state index in [4.69, 9.17) is 21.1 Å². The fraction of sp³-hybridized carbons (Fsp3) is 0.381. The zero-order valence-electron chi connectivity index (χ0n) is 16.3. The average molecular weight is 404 g/mol. The minimum atomic E-state index is -0.175. The minimum absolute atomic E-state index is 0.175. The molecule has 1 fully saturated rings. The highest BCUT2D eigenvalue weighted by Gasteiger charge is 2.18. The molecule has 1 N–H and O–H groups in total. The Morgan fingerprint density at radius 1 is 1.07 bits per heavy atom. The fourth-order valence-corrected chi connectivity index (χ4v) is 3.63. The summed E-state index contributed by atoms with van der Waals surface area (Å²) in [6, 6.07) is 13.7. The first-order valence-corrected chi connectivity index (χ1v) is 9.72. The highest BCUT2D eigenvalue weighted by Crippen LogP contribution is 2.35. The van der Waals surface area contributed by atoms with Crippen molar-refractivity contribution in [3.8, 4) is 11.5 Å². The molecular weight excluding hydrogens is 378 g/mol. The van der Waals surface area contributed by atoms with Crippen LogP contribution in [0.3, 0.4) is 0 Å². The number of nitrogens with one attached hydrogen (secondary N) is 1. The number of hydrogen-bond donors (Lipinski definition) is 1. The summed E-state index contributed by atoms with van der Waals surface area (Å²) in [7, 11) is 3.03. The number of nitrogens with zero attached hydrogens (tertiary/aromatic N) is 2. The number of carbonyl (C=O) groups is 1. The lowest BCUT2D eigenvalue weighted by Crippen LogP contribution is -2.48. The van der Waals surface area contributed by atoms with Crippen LogP contribution < -0.4 is 19.7 Å². The third-order valence-electron chi connectivity index (χ3n) is 4.90. The second kappa shape index (κ2) is 9.66. The molecule has 0 saturated carbocycles. The van der Waals surface area contributed by atoms with Crippen LogP contribution in [0.5, 0.6) is 11.5 Å². The van der Waals surface area contributed by atoms with Crippen LogP contribution >= 0.6 is 11.6 Å². The maximum absolute atomic E-state index is 12.5. The summed E-state index contributed by atoms with van der Waals surface area (Å²) in [5, 5.41) is 3.31. The van der Waals surface area contributed by atoms with E-state index in [9.17, 15) is 4.79 Å². The Bertz CT molecular complexity index is 793. The highest BCUT2D eigenvalue weighted by atomic mass is 35.5. The number of amides is 1. The average Bonchev–Trinajstić information content (AvgIpc) is 2.74. The van der Waals surface area contributed by atoms with Gasteiger partial charge in [0.25, 0.3) is 5.91 Å². The molecule has 1 saturated heterocycles. The van der Waals surface area contributed by atoms with Crippen LogP contribution in [-0.4, -0.2) is 64.3 Å². The smallest absolute Gasteiger partial charge is 0.251 e. The number of para-hydroxylation sites is 1. The number of ether oxygens (including phenoxy) is 2. The Morgan fingerprint density at radius 3 is 2.43 bits per heavy atom. The SMILES string of the molecule is COc1cc(C(=O)NCCN2CCN(c3ccccc3)CC2)cc(Cl)c1OC. The Kier molecular flexibility index (Phi) is 7.01. The lowest BCUT2D eigenvalue weighted by molar-refractivity contribution is 0.0947. The van der Waals surface area contributed by atoms with E-state index < -0.39 is 0 Å². The highest BCUT2D eigenvalue weighted by molar-refractivity contribution is 6.32. The Balaban J connectivity index is 1.47. The van der Waals surface area contributed by atoms with Crippen LogP contribution in [0.2, 0.25) is 5.02 Å². The molecular formula is C21H26ClN3O3. The lowest BCUT2D eigenvalue weighted by atomic mass is 10.2. The third-order valence-corrected chi connectivity index (χ3v) is 5.18. The molecule has 28 heavy (non-hydrogen) atoms. The number of benzene rings is 2. The number of methoxy groups -OCH3 is 2. The van der Waals surface area contributed by atoms with Crippen molar-refractivity contribution in [2.45, 2.75) is 0 Å². The molecule has 0 radical (unpaired) electrons. The lowest BCUT2D eigenvalue weighted by Gasteiger charge is -2.36. The van der Waals surface area contributed by atoms with Gasteiger partial charge in [0.05, 0.1) is 19.2 Å². The van der Waals surface area contributed by atoms with Crippen molar-refractivity contribution in [2.75, 3.05) is 58.4 Å². The number of carbonyl (C=O) groups excluding carboxylic acids is 1. The van der Waals surface area contributed by atoms with Gasteiger partial charge in [-0.05, 0) is 24.3 Å². The number of halogens is 1. The minimum Gasteiger partial charge on any atom is -0.493 e. The summed E-state index contributed by atoms with van der Waals surface area (Å²) in [5.74, 6) is 0.694. The van der Waals surface area contributed by atoms with Gasteiger partial charge in [0.15, 0.2) is 11.5 Å². The summed E-state index contributed by atoms with van der Waals surface area (Å²) < 4.78 is 10.5. The maximum Gasteiger partial charge on any atom is 0.251 e. The van der Waals surface area contributed by atoms with Crippen molar-refractivity contribution in [3.05, 3.63) is 53.1 Å². The molecule has 150 valence electrons. The molecule has 1 heterocycles. The molecule has 3 rings (SSSR count). The summed E-state index contributed by atoms with van der Waals surface area (Å²) in [6.07, 6.45) is 0. The first kappa shape index (κ1) is 20.3. The summed E-state index contributed by atoms with van der Waals surface area (Å²) >= 11 is 6.18. The molecule has 0 aromatic heterocycles. The van der Waals surface area contributed by atoms with Gasteiger partial charge < -0.3 is 19.7 Å². The van der Waals surface area contributed by atoms with E-state index in [0.29, 0.717) is 28.6 Å². The Morgan fingerprint density at radius 2 is 1.79 bits per heavy atom. The maximum atomic E-state index is 12.5. The van der Waals surface area contributed by atoms with Gasteiger partial charge in [-0.3, -0.25) is 9.69 Å². The molecule has 1 aliphatic rings. The van der Waals surface area contributed by atoms with Gasteiger partial charge in [-0.15, -0.1) is 0 Å². The normalized spacial score (nSPS) is 14.6. The van der Waals surface area contributed by atoms with E-state index in [0.717, 1.165) is 32.7 Å². The monoisotopic (exact) mass is 403 g/mol. The summed E-state index contributed by atoms with van der Waals surface area (Å²) in [5.41, 5.74) is 1.72. The molecule has 6 nitrogen and oxygen atoms in total. The zero-order valence-corrected chi connectivity index (χ0v) is 17.0. The quantitative estimate of drug-likeness (QED) is 0.770. The van der Waals surface area contributed by atoms with Crippen molar-refractivity contribution in [3.63, 3.8) is 0 Å². The molecule has 0 bridgehead atoms. The van der Waals surface area contributed by atoms with Crippen molar-refractivity contribution in [2.24, 2.45) is 0 Å². The van der Waals surface area contributed by atoms with E-state index in [1.807, 2.05) is 6.07 Å². The zero-order chi connectivity index (χ0) is 19.9. The van der Waals surface area contributed by atoms with E-state index in [1.54, 1.807) is 12.1 Å². The van der Waals surface area contributed by atoms with Crippen molar-refractivity contribution >= 4 is 23.2 Å². The molecule has 0 aliphatic carbocycles. The predicted molar refractivity (Wildman–Crippen MR) is 112 cm³/mol. The molecule has 2 aromatic rings. The van der Waals surface area contributed by atoms with Gasteiger partial charge in [0, 0.05) is 50.5 Å². The third kappa shape index (κ3) is 4.88. The second-order valence-electron chi connectivity index (χ2n) is 6.61. The summed E-state index contributed by atoms with van der Waals surface area (Å²) in [4.78, 5) is 17.2. The first-order valence-electron chi connectivity index (χ1n) is 9.34. The van der Waals surface area contributed by atoms with Crippen LogP contribution in [0.25, 0.3) is 0 Å². The van der Waals surface area contributed by atoms with Crippen molar-refractivity contribution in [1.82, 2.24) is 10.2 Å². The van der Waals surface area contributed by atoms with E-state index in [-0.39, 0.29) is 5.91 Å². The standard InChI is InChI=1S/C21H26ClN3O3/c1-27-19-15-16(14-18(22)20(19)28-2)21(26)23-8-9-24-10-12-25(13-11-24)17-6-4-3-5-7-17/h3-7,14-15H,8-13H2,1-2H3,(H,23,26). The van der Waals surface area contributed by atoms with E-state index in [1.165, 1.54) is 19.9 Å². The van der Waals surface area contributed by atoms with Gasteiger partial charge in [0.1, 0.15) is 0 Å². The Labute approximate surface area is 171 Å². The number of piperazine rings is 1. The predicted octanol–water partition coefficient (Wildman–Crippen LogP) is 2.91. The van der Waals surface area contributed by atoms with Gasteiger partial charge in [-0.2, -0.15) is 0 Å². The molecule has 0 unspecified atom stereocenters. The van der Waals surface area contributed by atoms with Crippen LogP contribution in [0.4, 0.5) is 5.69 Å². The number of hydrogen-bond acceptors (Lipinski definition) is 5. The van der Waals surface area contributed by atoms with E-state index in [2.05, 4.69) is 39.4 Å². The van der Waals surface area contributed by atoms with Crippen LogP contribution in [0.1, 0.15) is 10.4 Å². The van der Waals surface area contributed by atoms with E-state index >= 15 is 0 Å². The first-order chi connectivity index (χ1) is 13.6. The Hall–Kier alpha value is -2.44. The molecule has 7 heteroatoms. The van der Waals surface area contributed by atoms with Crippen LogP contribution in [-0.2, 0) is 0 Å². The van der Waals surface area contributed by atoms with Crippen molar-refractivity contribution in [1.29, 1.82) is 0 Å². The number of rotatable bonds is 7. The van der Waals surface area contributed by atoms with Crippen LogP contribution in [0, 0.1) is 0 Å². The molecule has 1 aliphatic heterocycles. The molecule has 0 spiro atoms. The second-order valence-corrected chi connectivity index (χ2v) is 7.02. The topological polar surface area (TPSA) is 54.0 Å². The van der Waals surface area contributed by atoms with Gasteiger partial charge in [-0.1, -0.05) is 29.8 Å². The van der Waals surface area contributed by atoms with Crippen LogP contribution in [0.15, 0.2) is 42.5 Å². The largest absolute Gasteiger partial charge is 0.493 e. The number of anilines is 1. The molecule has 1 amide bonds. The van der Waals surface area contributed by atoms with Gasteiger partial charge >= 0.3 is 0 Å². The van der Waals surface area contributed by atoms with Gasteiger partial charge in [-0.25, -0.2) is 0 Å². The summed E-state index contributed by atoms with van der Waals surface area (Å²) in [6.45, 7) is 5.33. The molecule has 2 aromatic carbocycles. The molecule has 0 atom stereocenters. The fourth-order valence-electron chi connectivity index (χ4n) is 3.35.